The molecule has 1 rings (SSSR count). The van der Waals surface area contributed by atoms with Gasteiger partial charge in [-0.15, -0.1) is 0 Å². The monoisotopic (exact) mass is 209 g/mol. The van der Waals surface area contributed by atoms with Crippen molar-refractivity contribution < 1.29 is 14.6 Å². The minimum absolute atomic E-state index is 0.151. The number of rotatable bonds is 3. The van der Waals surface area contributed by atoms with Crippen LogP contribution in [0.15, 0.2) is 24.3 Å². The lowest BCUT2D eigenvalue weighted by Gasteiger charge is -2.17. The molecule has 0 fully saturated rings. The summed E-state index contributed by atoms with van der Waals surface area (Å²) in [6.45, 7) is 5.02. The van der Waals surface area contributed by atoms with Crippen molar-refractivity contribution in [3.8, 4) is 11.5 Å². The van der Waals surface area contributed by atoms with Gasteiger partial charge in [-0.25, -0.2) is 4.79 Å². The zero-order valence-electron chi connectivity index (χ0n) is 8.93. The number of phenols is 1. The van der Waals surface area contributed by atoms with Gasteiger partial charge in [-0.1, -0.05) is 0 Å². The Hall–Kier alpha value is -1.71. The lowest BCUT2D eigenvalue weighted by Crippen LogP contribution is -2.33. The van der Waals surface area contributed by atoms with Gasteiger partial charge >= 0.3 is 6.09 Å². The molecule has 0 saturated carbocycles. The molecule has 0 spiro atoms. The quantitative estimate of drug-likeness (QED) is 0.830. The summed E-state index contributed by atoms with van der Waals surface area (Å²) < 4.78 is 5.09. The molecule has 0 unspecified atom stereocenters. The molecule has 0 radical (unpaired) electrons. The average molecular weight is 209 g/mol. The van der Waals surface area contributed by atoms with Crippen molar-refractivity contribution in [3.05, 3.63) is 24.3 Å². The van der Waals surface area contributed by atoms with E-state index >= 15 is 0 Å². The van der Waals surface area contributed by atoms with Crippen molar-refractivity contribution in [2.24, 2.45) is 0 Å². The summed E-state index contributed by atoms with van der Waals surface area (Å²) in [7, 11) is 0. The Kier molecular flexibility index (Phi) is 3.97. The van der Waals surface area contributed by atoms with Crippen LogP contribution in [0.25, 0.3) is 0 Å². The topological polar surface area (TPSA) is 49.8 Å². The first-order valence-electron chi connectivity index (χ1n) is 4.93. The Morgan fingerprint density at radius 1 is 1.27 bits per heavy atom. The number of phenolic OH excluding ortho intramolecular Hbond substituents is 1. The van der Waals surface area contributed by atoms with Gasteiger partial charge in [-0.2, -0.15) is 0 Å². The fourth-order valence-corrected chi connectivity index (χ4v) is 1.16. The SMILES string of the molecule is CCN(CC)C(=O)Oc1ccc(O)cc1. The molecule has 1 amide bonds. The predicted octanol–water partition coefficient (Wildman–Crippen LogP) is 2.23. The first kappa shape index (κ1) is 11.4. The van der Waals surface area contributed by atoms with Crippen LogP contribution in [0.5, 0.6) is 11.5 Å². The maximum Gasteiger partial charge on any atom is 0.415 e. The van der Waals surface area contributed by atoms with Crippen LogP contribution >= 0.6 is 0 Å². The number of nitrogens with zero attached hydrogens (tertiary/aromatic N) is 1. The predicted molar refractivity (Wildman–Crippen MR) is 57.1 cm³/mol. The van der Waals surface area contributed by atoms with Crippen LogP contribution < -0.4 is 4.74 Å². The van der Waals surface area contributed by atoms with Crippen molar-refractivity contribution in [2.45, 2.75) is 13.8 Å². The second-order valence-corrected chi connectivity index (χ2v) is 3.03. The summed E-state index contributed by atoms with van der Waals surface area (Å²) in [5, 5.41) is 9.04. The number of benzene rings is 1. The molecule has 15 heavy (non-hydrogen) atoms. The highest BCUT2D eigenvalue weighted by Gasteiger charge is 2.11. The zero-order chi connectivity index (χ0) is 11.3. The molecule has 0 aromatic heterocycles. The van der Waals surface area contributed by atoms with E-state index in [1.54, 1.807) is 17.0 Å². The van der Waals surface area contributed by atoms with Crippen LogP contribution in [0.4, 0.5) is 4.79 Å². The molecule has 0 heterocycles. The fraction of sp³-hybridized carbons (Fsp3) is 0.364. The Bertz CT molecular complexity index is 317. The molecule has 1 aromatic rings. The van der Waals surface area contributed by atoms with E-state index in [-0.39, 0.29) is 11.8 Å². The normalized spacial score (nSPS) is 9.73. The van der Waals surface area contributed by atoms with E-state index in [1.807, 2.05) is 13.8 Å². The van der Waals surface area contributed by atoms with E-state index in [0.29, 0.717) is 18.8 Å². The summed E-state index contributed by atoms with van der Waals surface area (Å²) in [5.41, 5.74) is 0. The van der Waals surface area contributed by atoms with Gasteiger partial charge in [0.15, 0.2) is 0 Å². The van der Waals surface area contributed by atoms with Gasteiger partial charge in [0, 0.05) is 13.1 Å². The van der Waals surface area contributed by atoms with Gasteiger partial charge in [-0.3, -0.25) is 0 Å². The first-order chi connectivity index (χ1) is 7.17. The third-order valence-electron chi connectivity index (χ3n) is 2.06. The van der Waals surface area contributed by atoms with Crippen LogP contribution in [0, 0.1) is 0 Å². The molecule has 0 saturated heterocycles. The highest BCUT2D eigenvalue weighted by atomic mass is 16.6. The molecule has 4 nitrogen and oxygen atoms in total. The van der Waals surface area contributed by atoms with Crippen LogP contribution in [-0.4, -0.2) is 29.2 Å². The van der Waals surface area contributed by atoms with Crippen molar-refractivity contribution >= 4 is 6.09 Å². The van der Waals surface area contributed by atoms with E-state index in [0.717, 1.165) is 0 Å². The number of hydrogen-bond donors (Lipinski definition) is 1. The summed E-state index contributed by atoms with van der Waals surface area (Å²) in [5.74, 6) is 0.585. The van der Waals surface area contributed by atoms with E-state index < -0.39 is 0 Å². The zero-order valence-corrected chi connectivity index (χ0v) is 8.93. The molecule has 82 valence electrons. The maximum absolute atomic E-state index is 11.5. The van der Waals surface area contributed by atoms with Crippen molar-refractivity contribution in [2.75, 3.05) is 13.1 Å². The Labute approximate surface area is 89.1 Å². The Morgan fingerprint density at radius 2 is 1.80 bits per heavy atom. The second kappa shape index (κ2) is 5.24. The number of hydrogen-bond acceptors (Lipinski definition) is 3. The number of aromatic hydroxyl groups is 1. The smallest absolute Gasteiger partial charge is 0.415 e. The highest BCUT2D eigenvalue weighted by molar-refractivity contribution is 5.70. The Balaban J connectivity index is 2.61. The number of carbonyl (C=O) groups excluding carboxylic acids is 1. The largest absolute Gasteiger partial charge is 0.508 e. The molecule has 0 aliphatic carbocycles. The van der Waals surface area contributed by atoms with Crippen molar-refractivity contribution in [3.63, 3.8) is 0 Å². The second-order valence-electron chi connectivity index (χ2n) is 3.03. The summed E-state index contributed by atoms with van der Waals surface area (Å²) in [4.78, 5) is 13.1. The third-order valence-corrected chi connectivity index (χ3v) is 2.06. The molecule has 1 aromatic carbocycles. The third kappa shape index (κ3) is 3.16. The lowest BCUT2D eigenvalue weighted by molar-refractivity contribution is 0.157. The van der Waals surface area contributed by atoms with E-state index in [4.69, 9.17) is 9.84 Å². The van der Waals surface area contributed by atoms with E-state index in [9.17, 15) is 4.79 Å². The molecular weight excluding hydrogens is 194 g/mol. The molecule has 0 aliphatic heterocycles. The molecule has 0 aliphatic rings. The van der Waals surface area contributed by atoms with Gasteiger partial charge < -0.3 is 14.7 Å². The standard InChI is InChI=1S/C11H15NO3/c1-3-12(4-2)11(14)15-10-7-5-9(13)6-8-10/h5-8,13H,3-4H2,1-2H3. The Morgan fingerprint density at radius 3 is 2.27 bits per heavy atom. The van der Waals surface area contributed by atoms with Crippen LogP contribution in [0.1, 0.15) is 13.8 Å². The average Bonchev–Trinajstić information content (AvgIpc) is 2.23. The first-order valence-corrected chi connectivity index (χ1v) is 4.93. The molecule has 1 N–H and O–H groups in total. The number of carbonyl (C=O) groups is 1. The lowest BCUT2D eigenvalue weighted by atomic mass is 10.3. The van der Waals surface area contributed by atoms with Crippen molar-refractivity contribution in [1.29, 1.82) is 0 Å². The summed E-state index contributed by atoms with van der Waals surface area (Å²) >= 11 is 0. The number of ether oxygens (including phenoxy) is 1. The van der Waals surface area contributed by atoms with Crippen molar-refractivity contribution in [1.82, 2.24) is 4.90 Å². The van der Waals surface area contributed by atoms with E-state index in [1.165, 1.54) is 12.1 Å². The van der Waals surface area contributed by atoms with E-state index in [2.05, 4.69) is 0 Å². The van der Waals surface area contributed by atoms with Crippen LogP contribution in [0.2, 0.25) is 0 Å². The molecule has 0 atom stereocenters. The fourth-order valence-electron chi connectivity index (χ4n) is 1.16. The van der Waals surface area contributed by atoms with Crippen LogP contribution in [-0.2, 0) is 0 Å². The maximum atomic E-state index is 11.5. The van der Waals surface area contributed by atoms with Gasteiger partial charge in [-0.05, 0) is 38.1 Å². The van der Waals surface area contributed by atoms with Crippen LogP contribution in [0.3, 0.4) is 0 Å². The highest BCUT2D eigenvalue weighted by Crippen LogP contribution is 2.16. The minimum atomic E-state index is -0.370. The van der Waals surface area contributed by atoms with Gasteiger partial charge in [0.05, 0.1) is 0 Å². The van der Waals surface area contributed by atoms with Gasteiger partial charge in [0.25, 0.3) is 0 Å². The molecule has 4 heteroatoms. The minimum Gasteiger partial charge on any atom is -0.508 e. The number of amides is 1. The molecular formula is C11H15NO3. The summed E-state index contributed by atoms with van der Waals surface area (Å²) in [6, 6.07) is 6.06. The summed E-state index contributed by atoms with van der Waals surface area (Å²) in [6.07, 6.45) is -0.370. The van der Waals surface area contributed by atoms with Gasteiger partial charge in [0.1, 0.15) is 11.5 Å². The molecule has 0 bridgehead atoms. The van der Waals surface area contributed by atoms with Gasteiger partial charge in [0.2, 0.25) is 0 Å².